The number of carbonyl (C=O) groups excluding carboxylic acids is 2. The molecule has 0 aliphatic carbocycles. The number of carbonyl (C=O) groups is 2. The summed E-state index contributed by atoms with van der Waals surface area (Å²) in [5.41, 5.74) is 11.6. The van der Waals surface area contributed by atoms with Crippen LogP contribution in [-0.4, -0.2) is 77.0 Å². The Hall–Kier alpha value is -3.15. The zero-order valence-electron chi connectivity index (χ0n) is 18.6. The van der Waals surface area contributed by atoms with Gasteiger partial charge in [0.1, 0.15) is 12.4 Å². The highest BCUT2D eigenvalue weighted by atomic mass is 16.6. The number of nitrogens with one attached hydrogen (secondary N) is 3. The maximum atomic E-state index is 13.0. The number of aromatic nitrogens is 2. The number of rotatable bonds is 4. The monoisotopic (exact) mass is 455 g/mol. The van der Waals surface area contributed by atoms with Crippen LogP contribution in [0.2, 0.25) is 0 Å². The van der Waals surface area contributed by atoms with Gasteiger partial charge in [-0.25, -0.2) is 15.6 Å². The summed E-state index contributed by atoms with van der Waals surface area (Å²) in [6.07, 6.45) is 1.16. The first kappa shape index (κ1) is 21.7. The van der Waals surface area contributed by atoms with E-state index in [1.807, 2.05) is 39.9 Å². The number of amides is 2. The lowest BCUT2D eigenvalue weighted by Gasteiger charge is -2.33. The van der Waals surface area contributed by atoms with Crippen molar-refractivity contribution in [2.45, 2.75) is 38.1 Å². The SMILES string of the molecule is COc1ccc(COC(=O)N2CCc3cc(C(=O)N4CCC5NNNC5C4)nn3CC2)cc1. The number of hydrazine groups is 2. The fraction of sp³-hybridized carbons (Fsp3) is 0.500. The Morgan fingerprint density at radius 1 is 1.06 bits per heavy atom. The molecule has 1 aromatic carbocycles. The Kier molecular flexibility index (Phi) is 6.16. The molecular formula is C22H29N7O4. The van der Waals surface area contributed by atoms with Crippen molar-refractivity contribution in [1.29, 1.82) is 0 Å². The van der Waals surface area contributed by atoms with Gasteiger partial charge >= 0.3 is 6.09 Å². The van der Waals surface area contributed by atoms with Gasteiger partial charge in [-0.05, 0) is 30.2 Å². The molecular weight excluding hydrogens is 426 g/mol. The molecule has 3 N–H and O–H groups in total. The Bertz CT molecular complexity index is 983. The van der Waals surface area contributed by atoms with Gasteiger partial charge in [-0.2, -0.15) is 10.6 Å². The minimum absolute atomic E-state index is 0.0431. The van der Waals surface area contributed by atoms with Gasteiger partial charge in [0, 0.05) is 44.3 Å². The maximum absolute atomic E-state index is 13.0. The standard InChI is InChI=1S/C22H29N7O4/c1-32-17-4-2-15(3-5-17)14-33-22(31)27-8-6-16-12-19(25-29(16)11-10-27)21(30)28-9-7-18-20(13-28)24-26-23-18/h2-5,12,18,20,23-24,26H,6-11,13-14H2,1H3. The highest BCUT2D eigenvalue weighted by Gasteiger charge is 2.35. The molecule has 11 heteroatoms. The van der Waals surface area contributed by atoms with Gasteiger partial charge in [-0.3, -0.25) is 9.48 Å². The number of benzene rings is 1. The van der Waals surface area contributed by atoms with E-state index in [4.69, 9.17) is 9.47 Å². The van der Waals surface area contributed by atoms with Crippen molar-refractivity contribution in [3.8, 4) is 5.75 Å². The van der Waals surface area contributed by atoms with Crippen LogP contribution in [0.25, 0.3) is 0 Å². The van der Waals surface area contributed by atoms with Crippen LogP contribution in [0.15, 0.2) is 30.3 Å². The van der Waals surface area contributed by atoms with Gasteiger partial charge in [0.25, 0.3) is 5.91 Å². The van der Waals surface area contributed by atoms with Crippen molar-refractivity contribution >= 4 is 12.0 Å². The molecule has 4 heterocycles. The van der Waals surface area contributed by atoms with E-state index in [1.165, 1.54) is 0 Å². The normalized spacial score (nSPS) is 22.3. The third kappa shape index (κ3) is 4.65. The second kappa shape index (κ2) is 9.38. The largest absolute Gasteiger partial charge is 0.497 e. The molecule has 3 aliphatic rings. The number of fused-ring (bicyclic) bond motifs is 2. The van der Waals surface area contributed by atoms with E-state index >= 15 is 0 Å². The number of piperidine rings is 1. The molecule has 11 nitrogen and oxygen atoms in total. The molecule has 2 unspecified atom stereocenters. The first-order chi connectivity index (χ1) is 16.1. The van der Waals surface area contributed by atoms with E-state index in [0.29, 0.717) is 50.9 Å². The Labute approximate surface area is 191 Å². The molecule has 0 saturated carbocycles. The molecule has 2 aromatic rings. The molecule has 1 aromatic heterocycles. The van der Waals surface area contributed by atoms with Gasteiger partial charge < -0.3 is 19.3 Å². The second-order valence-electron chi connectivity index (χ2n) is 8.55. The predicted molar refractivity (Wildman–Crippen MR) is 118 cm³/mol. The van der Waals surface area contributed by atoms with E-state index in [-0.39, 0.29) is 24.6 Å². The zero-order valence-corrected chi connectivity index (χ0v) is 18.6. The minimum Gasteiger partial charge on any atom is -0.497 e. The van der Waals surface area contributed by atoms with Crippen LogP contribution < -0.4 is 21.1 Å². The van der Waals surface area contributed by atoms with E-state index in [1.54, 1.807) is 12.0 Å². The molecule has 2 amide bonds. The molecule has 0 radical (unpaired) electrons. The number of hydrogen-bond donors (Lipinski definition) is 3. The lowest BCUT2D eigenvalue weighted by Crippen LogP contribution is -2.52. The summed E-state index contributed by atoms with van der Waals surface area (Å²) in [4.78, 5) is 29.1. The van der Waals surface area contributed by atoms with E-state index < -0.39 is 0 Å². The minimum atomic E-state index is -0.345. The molecule has 33 heavy (non-hydrogen) atoms. The van der Waals surface area contributed by atoms with Crippen LogP contribution >= 0.6 is 0 Å². The molecule has 5 rings (SSSR count). The molecule has 3 aliphatic heterocycles. The van der Waals surface area contributed by atoms with Crippen LogP contribution in [-0.2, 0) is 24.3 Å². The van der Waals surface area contributed by atoms with Gasteiger partial charge in [-0.1, -0.05) is 12.1 Å². The molecule has 2 saturated heterocycles. The smallest absolute Gasteiger partial charge is 0.410 e. The summed E-state index contributed by atoms with van der Waals surface area (Å²) in [6, 6.07) is 9.82. The third-order valence-corrected chi connectivity index (χ3v) is 6.50. The van der Waals surface area contributed by atoms with Crippen molar-refractivity contribution < 1.29 is 19.1 Å². The summed E-state index contributed by atoms with van der Waals surface area (Å²) >= 11 is 0. The molecule has 0 spiro atoms. The lowest BCUT2D eigenvalue weighted by atomic mass is 10.0. The number of ether oxygens (including phenoxy) is 2. The summed E-state index contributed by atoms with van der Waals surface area (Å²) in [5.74, 6) is 0.719. The van der Waals surface area contributed by atoms with E-state index in [0.717, 1.165) is 23.4 Å². The van der Waals surface area contributed by atoms with Crippen molar-refractivity contribution in [1.82, 2.24) is 36.0 Å². The van der Waals surface area contributed by atoms with Gasteiger partial charge in [0.15, 0.2) is 5.69 Å². The summed E-state index contributed by atoms with van der Waals surface area (Å²) in [6.45, 7) is 3.08. The van der Waals surface area contributed by atoms with Gasteiger partial charge in [-0.15, -0.1) is 0 Å². The number of nitrogens with zero attached hydrogens (tertiary/aromatic N) is 4. The summed E-state index contributed by atoms with van der Waals surface area (Å²) in [5, 5.41) is 4.56. The Morgan fingerprint density at radius 2 is 1.88 bits per heavy atom. The maximum Gasteiger partial charge on any atom is 0.410 e. The van der Waals surface area contributed by atoms with Crippen LogP contribution in [0.4, 0.5) is 4.79 Å². The summed E-state index contributed by atoms with van der Waals surface area (Å²) < 4.78 is 12.5. The second-order valence-corrected chi connectivity index (χ2v) is 8.55. The fourth-order valence-corrected chi connectivity index (χ4v) is 4.52. The zero-order chi connectivity index (χ0) is 22.8. The fourth-order valence-electron chi connectivity index (χ4n) is 4.52. The van der Waals surface area contributed by atoms with Crippen molar-refractivity contribution in [2.75, 3.05) is 33.3 Å². The van der Waals surface area contributed by atoms with Crippen LogP contribution in [0.1, 0.15) is 28.2 Å². The highest BCUT2D eigenvalue weighted by Crippen LogP contribution is 2.18. The Balaban J connectivity index is 1.15. The Morgan fingerprint density at radius 3 is 2.70 bits per heavy atom. The highest BCUT2D eigenvalue weighted by molar-refractivity contribution is 5.92. The molecule has 2 fully saturated rings. The molecule has 2 atom stereocenters. The number of methoxy groups -OCH3 is 1. The van der Waals surface area contributed by atoms with Gasteiger partial charge in [0.2, 0.25) is 0 Å². The van der Waals surface area contributed by atoms with E-state index in [2.05, 4.69) is 21.5 Å². The topological polar surface area (TPSA) is 113 Å². The van der Waals surface area contributed by atoms with E-state index in [9.17, 15) is 9.59 Å². The van der Waals surface area contributed by atoms with Crippen molar-refractivity contribution in [2.24, 2.45) is 0 Å². The molecule has 176 valence electrons. The van der Waals surface area contributed by atoms with Crippen LogP contribution in [0.3, 0.4) is 0 Å². The van der Waals surface area contributed by atoms with Gasteiger partial charge in [0.05, 0.1) is 19.7 Å². The summed E-state index contributed by atoms with van der Waals surface area (Å²) in [7, 11) is 1.61. The van der Waals surface area contributed by atoms with Crippen molar-refractivity contribution in [3.05, 3.63) is 47.3 Å². The third-order valence-electron chi connectivity index (χ3n) is 6.50. The average Bonchev–Trinajstić information content (AvgIpc) is 3.44. The first-order valence-corrected chi connectivity index (χ1v) is 11.3. The van der Waals surface area contributed by atoms with Crippen molar-refractivity contribution in [3.63, 3.8) is 0 Å². The quantitative estimate of drug-likeness (QED) is 0.603. The first-order valence-electron chi connectivity index (χ1n) is 11.3. The molecule has 0 bridgehead atoms. The predicted octanol–water partition coefficient (Wildman–Crippen LogP) is 0.282. The number of likely N-dealkylation sites (tertiary alicyclic amines) is 1. The van der Waals surface area contributed by atoms with Crippen LogP contribution in [0.5, 0.6) is 5.75 Å². The number of hydrogen-bond acceptors (Lipinski definition) is 8. The average molecular weight is 456 g/mol. The van der Waals surface area contributed by atoms with Crippen LogP contribution in [0, 0.1) is 0 Å². The lowest BCUT2D eigenvalue weighted by molar-refractivity contribution is 0.0684.